The zero-order chi connectivity index (χ0) is 20.8. The molecular weight excluding hydrogens is 398 g/mol. The zero-order valence-electron chi connectivity index (χ0n) is 16.2. The van der Waals surface area contributed by atoms with Crippen LogP contribution in [0, 0.1) is 18.3 Å². The van der Waals surface area contributed by atoms with Crippen molar-refractivity contribution in [3.8, 4) is 11.9 Å². The van der Waals surface area contributed by atoms with Crippen LogP contribution in [0.2, 0.25) is 5.02 Å². The number of aryl methyl sites for hydroxylation is 1. The van der Waals surface area contributed by atoms with E-state index in [-0.39, 0.29) is 11.8 Å². The minimum atomic E-state index is -0.353. The summed E-state index contributed by atoms with van der Waals surface area (Å²) < 4.78 is 7.79. The molecule has 0 unspecified atom stereocenters. The lowest BCUT2D eigenvalue weighted by molar-refractivity contribution is 0.379. The molecule has 0 amide bonds. The van der Waals surface area contributed by atoms with Gasteiger partial charge in [0.2, 0.25) is 11.8 Å². The molecule has 30 heavy (non-hydrogen) atoms. The Morgan fingerprint density at radius 1 is 1.23 bits per heavy atom. The lowest BCUT2D eigenvalue weighted by Crippen LogP contribution is -2.21. The van der Waals surface area contributed by atoms with Gasteiger partial charge in [-0.25, -0.2) is 0 Å². The summed E-state index contributed by atoms with van der Waals surface area (Å²) in [4.78, 5) is 0. The second-order valence-corrected chi connectivity index (χ2v) is 7.78. The van der Waals surface area contributed by atoms with Gasteiger partial charge in [-0.1, -0.05) is 41.9 Å². The Kier molecular flexibility index (Phi) is 4.27. The molecule has 1 aliphatic heterocycles. The average Bonchev–Trinajstić information content (AvgIpc) is 3.29. The number of aromatic amines is 1. The molecule has 6 nitrogen and oxygen atoms in total. The maximum Gasteiger partial charge on any atom is 0.244 e. The van der Waals surface area contributed by atoms with Crippen molar-refractivity contribution >= 4 is 22.5 Å². The number of rotatable bonds is 3. The molecule has 4 aromatic rings. The molecule has 0 bridgehead atoms. The standard InChI is InChI=1S/C23H18ClN5O/c1-13-20-21(17(10-25)22(26)30-23(20)28-27-13)18-12-29(19-5-3-2-4-16(18)19)11-14-6-8-15(24)9-7-14/h2-9,12,21H,11,26H2,1H3,(H,27,28)/t21-/m1/s1. The van der Waals surface area contributed by atoms with Crippen LogP contribution in [0.3, 0.4) is 0 Å². The summed E-state index contributed by atoms with van der Waals surface area (Å²) >= 11 is 6.04. The van der Waals surface area contributed by atoms with E-state index in [0.29, 0.717) is 23.0 Å². The fourth-order valence-corrected chi connectivity index (χ4v) is 4.26. The summed E-state index contributed by atoms with van der Waals surface area (Å²) in [5.74, 6) is 0.161. The van der Waals surface area contributed by atoms with Gasteiger partial charge in [-0.3, -0.25) is 5.10 Å². The summed E-state index contributed by atoms with van der Waals surface area (Å²) in [6, 6.07) is 18.2. The Hall–Kier alpha value is -3.69. The number of nitrogens with zero attached hydrogens (tertiary/aromatic N) is 3. The summed E-state index contributed by atoms with van der Waals surface area (Å²) in [6.45, 7) is 2.60. The predicted molar refractivity (Wildman–Crippen MR) is 115 cm³/mol. The highest BCUT2D eigenvalue weighted by atomic mass is 35.5. The van der Waals surface area contributed by atoms with E-state index in [2.05, 4.69) is 39.2 Å². The van der Waals surface area contributed by atoms with Gasteiger partial charge < -0.3 is 15.0 Å². The summed E-state index contributed by atoms with van der Waals surface area (Å²) in [7, 11) is 0. The van der Waals surface area contributed by atoms with E-state index in [1.54, 1.807) is 0 Å². The molecule has 2 aromatic carbocycles. The first-order valence-electron chi connectivity index (χ1n) is 9.51. The van der Waals surface area contributed by atoms with Gasteiger partial charge >= 0.3 is 0 Å². The monoisotopic (exact) mass is 415 g/mol. The number of para-hydroxylation sites is 1. The zero-order valence-corrected chi connectivity index (χ0v) is 16.9. The van der Waals surface area contributed by atoms with Crippen LogP contribution in [0.15, 0.2) is 66.2 Å². The van der Waals surface area contributed by atoms with Gasteiger partial charge in [-0.15, -0.1) is 5.10 Å². The van der Waals surface area contributed by atoms with Gasteiger partial charge in [0.25, 0.3) is 0 Å². The van der Waals surface area contributed by atoms with Crippen LogP contribution in [0.25, 0.3) is 10.9 Å². The second-order valence-electron chi connectivity index (χ2n) is 7.35. The van der Waals surface area contributed by atoms with Crippen molar-refractivity contribution in [1.29, 1.82) is 5.26 Å². The first kappa shape index (κ1) is 18.3. The molecule has 0 fully saturated rings. The molecule has 0 radical (unpaired) electrons. The highest BCUT2D eigenvalue weighted by Gasteiger charge is 2.35. The fourth-order valence-electron chi connectivity index (χ4n) is 4.13. The van der Waals surface area contributed by atoms with Crippen molar-refractivity contribution in [2.75, 3.05) is 0 Å². The van der Waals surface area contributed by atoms with Crippen LogP contribution < -0.4 is 10.5 Å². The normalized spacial score (nSPS) is 15.7. The van der Waals surface area contributed by atoms with E-state index in [4.69, 9.17) is 22.1 Å². The summed E-state index contributed by atoms with van der Waals surface area (Å²) in [5.41, 5.74) is 11.4. The number of benzene rings is 2. The number of nitriles is 1. The highest BCUT2D eigenvalue weighted by molar-refractivity contribution is 6.30. The largest absolute Gasteiger partial charge is 0.420 e. The minimum absolute atomic E-state index is 0.0935. The van der Waals surface area contributed by atoms with Gasteiger partial charge in [-0.2, -0.15) is 5.26 Å². The number of H-pyrrole nitrogens is 1. The number of nitrogens with one attached hydrogen (secondary N) is 1. The first-order valence-corrected chi connectivity index (χ1v) is 9.89. The number of ether oxygens (including phenoxy) is 1. The fraction of sp³-hybridized carbons (Fsp3) is 0.130. The van der Waals surface area contributed by atoms with Gasteiger partial charge in [0, 0.05) is 39.9 Å². The molecule has 0 saturated heterocycles. The number of hydrogen-bond donors (Lipinski definition) is 2. The van der Waals surface area contributed by atoms with Crippen molar-refractivity contribution in [3.05, 3.63) is 93.6 Å². The molecule has 0 spiro atoms. The van der Waals surface area contributed by atoms with Crippen LogP contribution in [0.1, 0.15) is 28.3 Å². The van der Waals surface area contributed by atoms with Gasteiger partial charge in [0.1, 0.15) is 11.6 Å². The highest BCUT2D eigenvalue weighted by Crippen LogP contribution is 2.45. The smallest absolute Gasteiger partial charge is 0.244 e. The number of aromatic nitrogens is 3. The van der Waals surface area contributed by atoms with E-state index in [1.807, 2.05) is 43.3 Å². The third kappa shape index (κ3) is 2.83. The van der Waals surface area contributed by atoms with E-state index in [9.17, 15) is 5.26 Å². The van der Waals surface area contributed by atoms with Crippen LogP contribution in [0.4, 0.5) is 0 Å². The van der Waals surface area contributed by atoms with Crippen molar-refractivity contribution in [2.45, 2.75) is 19.4 Å². The molecule has 5 rings (SSSR count). The Labute approximate surface area is 178 Å². The molecule has 0 aliphatic carbocycles. The quantitative estimate of drug-likeness (QED) is 0.511. The van der Waals surface area contributed by atoms with E-state index in [1.165, 1.54) is 0 Å². The van der Waals surface area contributed by atoms with E-state index >= 15 is 0 Å². The van der Waals surface area contributed by atoms with Gasteiger partial charge in [0.15, 0.2) is 0 Å². The molecule has 148 valence electrons. The van der Waals surface area contributed by atoms with Crippen LogP contribution in [-0.2, 0) is 6.54 Å². The SMILES string of the molecule is Cc1[nH]nc2c1[C@@H](c1cn(Cc3ccc(Cl)cc3)c3ccccc13)C(C#N)=C(N)O2. The van der Waals surface area contributed by atoms with E-state index in [0.717, 1.165) is 33.3 Å². The summed E-state index contributed by atoms with van der Waals surface area (Å²) in [6.07, 6.45) is 2.09. The molecule has 1 aliphatic rings. The molecule has 3 N–H and O–H groups in total. The molecule has 2 aromatic heterocycles. The number of nitrogens with two attached hydrogens (primary N) is 1. The number of halogens is 1. The van der Waals surface area contributed by atoms with Crippen molar-refractivity contribution in [1.82, 2.24) is 14.8 Å². The number of fused-ring (bicyclic) bond motifs is 2. The maximum atomic E-state index is 9.87. The molecule has 1 atom stereocenters. The average molecular weight is 416 g/mol. The topological polar surface area (TPSA) is 92.7 Å². The Balaban J connectivity index is 1.71. The lowest BCUT2D eigenvalue weighted by atomic mass is 9.84. The maximum absolute atomic E-state index is 9.87. The van der Waals surface area contributed by atoms with Gasteiger partial charge in [-0.05, 0) is 36.2 Å². The van der Waals surface area contributed by atoms with Crippen molar-refractivity contribution in [2.24, 2.45) is 5.73 Å². The van der Waals surface area contributed by atoms with Gasteiger partial charge in [0.05, 0.1) is 5.92 Å². The Bertz CT molecular complexity index is 1340. The number of hydrogen-bond acceptors (Lipinski definition) is 4. The third-order valence-corrected chi connectivity index (χ3v) is 5.78. The number of allylic oxidation sites excluding steroid dienone is 1. The lowest BCUT2D eigenvalue weighted by Gasteiger charge is -2.23. The molecular formula is C23H18ClN5O. The van der Waals surface area contributed by atoms with Crippen LogP contribution >= 0.6 is 11.6 Å². The first-order chi connectivity index (χ1) is 14.6. The van der Waals surface area contributed by atoms with Crippen LogP contribution in [-0.4, -0.2) is 14.8 Å². The van der Waals surface area contributed by atoms with Crippen molar-refractivity contribution in [3.63, 3.8) is 0 Å². The second kappa shape index (κ2) is 6.97. The van der Waals surface area contributed by atoms with E-state index < -0.39 is 0 Å². The third-order valence-electron chi connectivity index (χ3n) is 5.53. The van der Waals surface area contributed by atoms with Crippen molar-refractivity contribution < 1.29 is 4.74 Å². The predicted octanol–water partition coefficient (Wildman–Crippen LogP) is 4.59. The molecule has 0 saturated carbocycles. The summed E-state index contributed by atoms with van der Waals surface area (Å²) in [5, 5.41) is 18.8. The molecule has 7 heteroatoms. The molecule has 3 heterocycles. The minimum Gasteiger partial charge on any atom is -0.420 e. The van der Waals surface area contributed by atoms with Crippen LogP contribution in [0.5, 0.6) is 5.88 Å². The Morgan fingerprint density at radius 2 is 2.00 bits per heavy atom. The Morgan fingerprint density at radius 3 is 2.77 bits per heavy atom.